The summed E-state index contributed by atoms with van der Waals surface area (Å²) in [6.07, 6.45) is 1.13. The summed E-state index contributed by atoms with van der Waals surface area (Å²) in [4.78, 5) is 19.0. The first-order valence-corrected chi connectivity index (χ1v) is 8.39. The van der Waals surface area contributed by atoms with Crippen LogP contribution in [-0.4, -0.2) is 49.2 Å². The van der Waals surface area contributed by atoms with Crippen molar-refractivity contribution in [1.29, 1.82) is 0 Å². The second-order valence-corrected chi connectivity index (χ2v) is 7.21. The number of methoxy groups -OCH3 is 1. The quantitative estimate of drug-likeness (QED) is 0.363. The highest BCUT2D eigenvalue weighted by Crippen LogP contribution is 2.26. The molecule has 0 unspecified atom stereocenters. The smallest absolute Gasteiger partial charge is 0.359 e. The molecule has 0 atom stereocenters. The molecule has 0 saturated heterocycles. The number of nitrogens with two attached hydrogens (primary N) is 1. The Bertz CT molecular complexity index is 591. The number of hydrogen-bond acceptors (Lipinski definition) is 8. The third-order valence-corrected chi connectivity index (χ3v) is 4.32. The summed E-state index contributed by atoms with van der Waals surface area (Å²) in [6, 6.07) is 0. The van der Waals surface area contributed by atoms with E-state index in [0.717, 1.165) is 18.0 Å². The molecule has 7 nitrogen and oxygen atoms in total. The fourth-order valence-electron chi connectivity index (χ4n) is 1.07. The Kier molecular flexibility index (Phi) is 5.39. The molecule has 106 valence electrons. The molecule has 0 radical (unpaired) electrons. The predicted octanol–water partition coefficient (Wildman–Crippen LogP) is 0.636. The van der Waals surface area contributed by atoms with E-state index in [9.17, 15) is 13.2 Å². The van der Waals surface area contributed by atoms with Gasteiger partial charge >= 0.3 is 5.97 Å². The van der Waals surface area contributed by atoms with Crippen molar-refractivity contribution < 1.29 is 17.9 Å². The molecule has 1 aromatic heterocycles. The van der Waals surface area contributed by atoms with Gasteiger partial charge in [-0.3, -0.25) is 0 Å². The van der Waals surface area contributed by atoms with Gasteiger partial charge in [0.05, 0.1) is 18.6 Å². The van der Waals surface area contributed by atoms with Gasteiger partial charge in [-0.1, -0.05) is 0 Å². The summed E-state index contributed by atoms with van der Waals surface area (Å²) in [5, 5.41) is 0.0977. The summed E-state index contributed by atoms with van der Waals surface area (Å²) >= 11 is 6.76. The van der Waals surface area contributed by atoms with E-state index in [0.29, 0.717) is 0 Å². The van der Waals surface area contributed by atoms with Crippen molar-refractivity contribution >= 4 is 44.9 Å². The van der Waals surface area contributed by atoms with Crippen LogP contribution in [0.2, 0.25) is 5.28 Å². The maximum Gasteiger partial charge on any atom is 0.359 e. The Morgan fingerprint density at radius 3 is 2.63 bits per heavy atom. The van der Waals surface area contributed by atoms with Gasteiger partial charge in [-0.05, 0) is 11.6 Å². The summed E-state index contributed by atoms with van der Waals surface area (Å²) in [5.41, 5.74) is 5.61. The van der Waals surface area contributed by atoms with Gasteiger partial charge < -0.3 is 10.5 Å². The SMILES string of the molecule is COC(=O)c1nc(Cl)nc(SCCS(C)(=O)=O)c1N. The van der Waals surface area contributed by atoms with Gasteiger partial charge in [0.15, 0.2) is 5.69 Å². The fraction of sp³-hybridized carbons (Fsp3) is 0.444. The van der Waals surface area contributed by atoms with E-state index in [-0.39, 0.29) is 33.2 Å². The molecule has 19 heavy (non-hydrogen) atoms. The van der Waals surface area contributed by atoms with Crippen molar-refractivity contribution in [3.05, 3.63) is 11.0 Å². The van der Waals surface area contributed by atoms with Crippen LogP contribution >= 0.6 is 23.4 Å². The number of ether oxygens (including phenoxy) is 1. The van der Waals surface area contributed by atoms with Crippen LogP contribution < -0.4 is 5.73 Å². The van der Waals surface area contributed by atoms with Gasteiger partial charge in [0.25, 0.3) is 0 Å². The Morgan fingerprint density at radius 2 is 2.11 bits per heavy atom. The summed E-state index contributed by atoms with van der Waals surface area (Å²) in [5.74, 6) is -0.518. The lowest BCUT2D eigenvalue weighted by Gasteiger charge is -2.08. The van der Waals surface area contributed by atoms with Crippen molar-refractivity contribution in [3.63, 3.8) is 0 Å². The number of nitrogens with zero attached hydrogens (tertiary/aromatic N) is 2. The minimum Gasteiger partial charge on any atom is -0.464 e. The zero-order chi connectivity index (χ0) is 14.6. The van der Waals surface area contributed by atoms with Crippen LogP contribution in [0.3, 0.4) is 0 Å². The first-order chi connectivity index (χ1) is 8.74. The van der Waals surface area contributed by atoms with E-state index < -0.39 is 15.8 Å². The summed E-state index contributed by atoms with van der Waals surface area (Å²) < 4.78 is 26.5. The molecule has 0 aromatic carbocycles. The highest BCUT2D eigenvalue weighted by Gasteiger charge is 2.18. The normalized spacial score (nSPS) is 11.3. The van der Waals surface area contributed by atoms with Gasteiger partial charge in [-0.2, -0.15) is 0 Å². The van der Waals surface area contributed by atoms with Gasteiger partial charge in [-0.25, -0.2) is 23.2 Å². The van der Waals surface area contributed by atoms with Crippen molar-refractivity contribution in [2.75, 3.05) is 30.6 Å². The predicted molar refractivity (Wildman–Crippen MR) is 73.2 cm³/mol. The molecule has 0 aliphatic heterocycles. The number of rotatable bonds is 5. The number of sulfone groups is 1. The first-order valence-electron chi connectivity index (χ1n) is 4.96. The number of nitrogen functional groups attached to an aromatic ring is 1. The zero-order valence-corrected chi connectivity index (χ0v) is 12.6. The number of hydrogen-bond donors (Lipinski definition) is 1. The Labute approximate surface area is 119 Å². The second kappa shape index (κ2) is 6.40. The molecule has 0 aliphatic carbocycles. The first kappa shape index (κ1) is 16.0. The number of esters is 1. The van der Waals surface area contributed by atoms with Gasteiger partial charge in [-0.15, -0.1) is 11.8 Å². The zero-order valence-electron chi connectivity index (χ0n) is 10.2. The standard InChI is InChI=1S/C9H12ClN3O4S2/c1-17-8(14)6-5(11)7(13-9(10)12-6)18-3-4-19(2,15)16/h3-4,11H2,1-2H3. The van der Waals surface area contributed by atoms with Gasteiger partial charge in [0.1, 0.15) is 14.9 Å². The third kappa shape index (κ3) is 4.84. The molecule has 0 aliphatic rings. The van der Waals surface area contributed by atoms with Crippen LogP contribution in [-0.2, 0) is 14.6 Å². The lowest BCUT2D eigenvalue weighted by Crippen LogP contribution is -2.12. The van der Waals surface area contributed by atoms with Gasteiger partial charge in [0.2, 0.25) is 5.28 Å². The van der Waals surface area contributed by atoms with Crippen LogP contribution in [0.5, 0.6) is 0 Å². The highest BCUT2D eigenvalue weighted by molar-refractivity contribution is 8.00. The largest absolute Gasteiger partial charge is 0.464 e. The van der Waals surface area contributed by atoms with Gasteiger partial charge in [0, 0.05) is 12.0 Å². The second-order valence-electron chi connectivity index (χ2n) is 3.53. The summed E-state index contributed by atoms with van der Waals surface area (Å²) in [7, 11) is -1.89. The number of aromatic nitrogens is 2. The molecular formula is C9H12ClN3O4S2. The number of anilines is 1. The number of carbonyl (C=O) groups excluding carboxylic acids is 1. The number of carbonyl (C=O) groups is 1. The maximum absolute atomic E-state index is 11.4. The molecule has 0 saturated carbocycles. The van der Waals surface area contributed by atoms with E-state index in [2.05, 4.69) is 14.7 Å². The molecule has 0 bridgehead atoms. The Morgan fingerprint density at radius 1 is 1.47 bits per heavy atom. The van der Waals surface area contributed by atoms with E-state index >= 15 is 0 Å². The molecule has 1 rings (SSSR count). The summed E-state index contributed by atoms with van der Waals surface area (Å²) in [6.45, 7) is 0. The Hall–Kier alpha value is -1.06. The van der Waals surface area contributed by atoms with Crippen molar-refractivity contribution in [2.24, 2.45) is 0 Å². The molecule has 0 spiro atoms. The van der Waals surface area contributed by atoms with Crippen LogP contribution in [0, 0.1) is 0 Å². The molecule has 1 heterocycles. The van der Waals surface area contributed by atoms with Crippen molar-refractivity contribution in [3.8, 4) is 0 Å². The molecule has 10 heteroatoms. The van der Waals surface area contributed by atoms with Crippen molar-refractivity contribution in [1.82, 2.24) is 9.97 Å². The number of halogens is 1. The van der Waals surface area contributed by atoms with E-state index in [1.807, 2.05) is 0 Å². The maximum atomic E-state index is 11.4. The Balaban J connectivity index is 2.95. The van der Waals surface area contributed by atoms with E-state index in [4.69, 9.17) is 17.3 Å². The minimum atomic E-state index is -3.08. The van der Waals surface area contributed by atoms with Crippen LogP contribution in [0.15, 0.2) is 5.03 Å². The number of thioether (sulfide) groups is 1. The van der Waals surface area contributed by atoms with Crippen LogP contribution in [0.25, 0.3) is 0 Å². The minimum absolute atomic E-state index is 0.0229. The molecular weight excluding hydrogens is 314 g/mol. The molecule has 0 fully saturated rings. The highest BCUT2D eigenvalue weighted by atomic mass is 35.5. The third-order valence-electron chi connectivity index (χ3n) is 1.96. The lowest BCUT2D eigenvalue weighted by molar-refractivity contribution is 0.0595. The lowest BCUT2D eigenvalue weighted by atomic mass is 10.3. The van der Waals surface area contributed by atoms with E-state index in [1.54, 1.807) is 0 Å². The van der Waals surface area contributed by atoms with Crippen LogP contribution in [0.1, 0.15) is 10.5 Å². The molecule has 2 N–H and O–H groups in total. The topological polar surface area (TPSA) is 112 Å². The molecule has 1 aromatic rings. The van der Waals surface area contributed by atoms with Crippen LogP contribution in [0.4, 0.5) is 5.69 Å². The van der Waals surface area contributed by atoms with E-state index in [1.165, 1.54) is 7.11 Å². The monoisotopic (exact) mass is 325 g/mol. The fourth-order valence-corrected chi connectivity index (χ4v) is 3.43. The van der Waals surface area contributed by atoms with Crippen molar-refractivity contribution in [2.45, 2.75) is 5.03 Å². The average Bonchev–Trinajstić information content (AvgIpc) is 2.30. The molecule has 0 amide bonds. The average molecular weight is 326 g/mol.